The molecule has 0 spiro atoms. The number of nitrogens with one attached hydrogen (secondary N) is 1. The predicted octanol–water partition coefficient (Wildman–Crippen LogP) is 4.71. The van der Waals surface area contributed by atoms with E-state index in [0.29, 0.717) is 17.9 Å². The van der Waals surface area contributed by atoms with Gasteiger partial charge in [0.1, 0.15) is 0 Å². The van der Waals surface area contributed by atoms with Crippen molar-refractivity contribution in [2.45, 2.75) is 26.7 Å². The van der Waals surface area contributed by atoms with Crippen molar-refractivity contribution in [2.75, 3.05) is 5.32 Å². The summed E-state index contributed by atoms with van der Waals surface area (Å²) in [4.78, 5) is 12.0. The second-order valence-corrected chi connectivity index (χ2v) is 6.50. The molecule has 0 saturated heterocycles. The van der Waals surface area contributed by atoms with Crippen LogP contribution in [0.5, 0.6) is 0 Å². The molecule has 128 valence electrons. The molecule has 0 aliphatic carbocycles. The highest BCUT2D eigenvalue weighted by molar-refractivity contribution is 6.30. The first-order chi connectivity index (χ1) is 12.0. The van der Waals surface area contributed by atoms with E-state index < -0.39 is 0 Å². The molecular weight excluding hydrogens is 334 g/mol. The number of rotatable bonds is 5. The number of benzene rings is 2. The zero-order chi connectivity index (χ0) is 17.8. The van der Waals surface area contributed by atoms with Gasteiger partial charge < -0.3 is 5.32 Å². The number of anilines is 1. The van der Waals surface area contributed by atoms with Crippen LogP contribution in [-0.2, 0) is 11.2 Å². The fourth-order valence-electron chi connectivity index (χ4n) is 2.71. The third kappa shape index (κ3) is 4.48. The van der Waals surface area contributed by atoms with Crippen LogP contribution in [0, 0.1) is 13.8 Å². The van der Waals surface area contributed by atoms with E-state index in [1.54, 1.807) is 24.3 Å². The van der Waals surface area contributed by atoms with Gasteiger partial charge in [-0.2, -0.15) is 5.10 Å². The van der Waals surface area contributed by atoms with Gasteiger partial charge in [-0.25, -0.2) is 4.68 Å². The van der Waals surface area contributed by atoms with E-state index in [1.807, 2.05) is 42.8 Å². The molecule has 1 heterocycles. The van der Waals surface area contributed by atoms with E-state index in [-0.39, 0.29) is 5.91 Å². The minimum Gasteiger partial charge on any atom is -0.326 e. The van der Waals surface area contributed by atoms with Crippen LogP contribution in [0.2, 0.25) is 5.02 Å². The van der Waals surface area contributed by atoms with Gasteiger partial charge in [0.25, 0.3) is 0 Å². The van der Waals surface area contributed by atoms with E-state index in [0.717, 1.165) is 28.3 Å². The molecule has 5 heteroatoms. The van der Waals surface area contributed by atoms with Gasteiger partial charge >= 0.3 is 0 Å². The predicted molar refractivity (Wildman–Crippen MR) is 101 cm³/mol. The van der Waals surface area contributed by atoms with Gasteiger partial charge in [0.15, 0.2) is 0 Å². The summed E-state index contributed by atoms with van der Waals surface area (Å²) in [6, 6.07) is 17.3. The molecule has 0 unspecified atom stereocenters. The largest absolute Gasteiger partial charge is 0.326 e. The van der Waals surface area contributed by atoms with Gasteiger partial charge in [0.2, 0.25) is 5.91 Å². The summed E-state index contributed by atoms with van der Waals surface area (Å²) in [5.41, 5.74) is 5.01. The van der Waals surface area contributed by atoms with Crippen molar-refractivity contribution in [2.24, 2.45) is 0 Å². The number of amides is 1. The molecule has 4 nitrogen and oxygen atoms in total. The Morgan fingerprint density at radius 2 is 1.76 bits per heavy atom. The smallest absolute Gasteiger partial charge is 0.224 e. The normalized spacial score (nSPS) is 10.7. The van der Waals surface area contributed by atoms with Crippen molar-refractivity contribution >= 4 is 23.2 Å². The second-order valence-electron chi connectivity index (χ2n) is 6.06. The maximum Gasteiger partial charge on any atom is 0.224 e. The lowest BCUT2D eigenvalue weighted by Crippen LogP contribution is -2.12. The van der Waals surface area contributed by atoms with Crippen molar-refractivity contribution in [1.82, 2.24) is 9.78 Å². The van der Waals surface area contributed by atoms with E-state index in [4.69, 9.17) is 11.6 Å². The SMILES string of the molecule is Cc1cc(C)n(-c2ccc(CCC(=O)Nc3ccc(Cl)cc3)cc2)n1. The molecule has 1 amide bonds. The van der Waals surface area contributed by atoms with E-state index in [1.165, 1.54) is 0 Å². The van der Waals surface area contributed by atoms with Crippen molar-refractivity contribution in [3.05, 3.63) is 76.6 Å². The third-order valence-electron chi connectivity index (χ3n) is 3.96. The van der Waals surface area contributed by atoms with Crippen LogP contribution in [0.3, 0.4) is 0 Å². The number of halogens is 1. The Labute approximate surface area is 152 Å². The van der Waals surface area contributed by atoms with Crippen LogP contribution >= 0.6 is 11.6 Å². The quantitative estimate of drug-likeness (QED) is 0.721. The van der Waals surface area contributed by atoms with Gasteiger partial charge in [0.05, 0.1) is 11.4 Å². The third-order valence-corrected chi connectivity index (χ3v) is 4.21. The molecule has 3 aromatic rings. The minimum atomic E-state index is -0.00931. The monoisotopic (exact) mass is 353 g/mol. The van der Waals surface area contributed by atoms with Gasteiger partial charge in [0, 0.05) is 22.8 Å². The van der Waals surface area contributed by atoms with Gasteiger partial charge in [-0.3, -0.25) is 4.79 Å². The van der Waals surface area contributed by atoms with Crippen LogP contribution < -0.4 is 5.32 Å². The molecule has 0 aliphatic rings. The number of aryl methyl sites for hydroxylation is 3. The topological polar surface area (TPSA) is 46.9 Å². The Bertz CT molecular complexity index is 867. The summed E-state index contributed by atoms with van der Waals surface area (Å²) < 4.78 is 1.92. The molecule has 0 saturated carbocycles. The maximum atomic E-state index is 12.0. The Balaban J connectivity index is 1.57. The molecule has 0 aliphatic heterocycles. The fourth-order valence-corrected chi connectivity index (χ4v) is 2.83. The van der Waals surface area contributed by atoms with E-state index in [9.17, 15) is 4.79 Å². The molecule has 25 heavy (non-hydrogen) atoms. The van der Waals surface area contributed by atoms with E-state index in [2.05, 4.69) is 16.5 Å². The summed E-state index contributed by atoms with van der Waals surface area (Å²) in [7, 11) is 0. The van der Waals surface area contributed by atoms with Gasteiger partial charge in [-0.05, 0) is 68.3 Å². The first-order valence-electron chi connectivity index (χ1n) is 8.19. The highest BCUT2D eigenvalue weighted by atomic mass is 35.5. The summed E-state index contributed by atoms with van der Waals surface area (Å²) in [6.45, 7) is 4.02. The number of carbonyl (C=O) groups is 1. The Hall–Kier alpha value is -2.59. The number of hydrogen-bond acceptors (Lipinski definition) is 2. The fraction of sp³-hybridized carbons (Fsp3) is 0.200. The standard InChI is InChI=1S/C20H20ClN3O/c1-14-13-15(2)24(23-14)19-10-3-16(4-11-19)5-12-20(25)22-18-8-6-17(21)7-9-18/h3-4,6-11,13H,5,12H2,1-2H3,(H,22,25). The highest BCUT2D eigenvalue weighted by Crippen LogP contribution is 2.16. The minimum absolute atomic E-state index is 0.00931. The summed E-state index contributed by atoms with van der Waals surface area (Å²) >= 11 is 5.84. The van der Waals surface area contributed by atoms with E-state index >= 15 is 0 Å². The molecule has 0 radical (unpaired) electrons. The number of nitrogens with zero attached hydrogens (tertiary/aromatic N) is 2. The average Bonchev–Trinajstić information content (AvgIpc) is 2.94. The van der Waals surface area contributed by atoms with Crippen LogP contribution in [0.15, 0.2) is 54.6 Å². The van der Waals surface area contributed by atoms with Gasteiger partial charge in [-0.15, -0.1) is 0 Å². The molecule has 0 atom stereocenters. The molecule has 0 bridgehead atoms. The van der Waals surface area contributed by atoms with Gasteiger partial charge in [-0.1, -0.05) is 23.7 Å². The molecule has 1 N–H and O–H groups in total. The molecular formula is C20H20ClN3O. The van der Waals surface area contributed by atoms with Crippen molar-refractivity contribution in [1.29, 1.82) is 0 Å². The lowest BCUT2D eigenvalue weighted by atomic mass is 10.1. The summed E-state index contributed by atoms with van der Waals surface area (Å²) in [6.07, 6.45) is 1.12. The number of aromatic nitrogens is 2. The van der Waals surface area contributed by atoms with Crippen molar-refractivity contribution in [3.63, 3.8) is 0 Å². The maximum absolute atomic E-state index is 12.0. The molecule has 0 fully saturated rings. The Morgan fingerprint density at radius 1 is 1.08 bits per heavy atom. The first kappa shape index (κ1) is 17.2. The van der Waals surface area contributed by atoms with Crippen LogP contribution in [0.25, 0.3) is 5.69 Å². The lowest BCUT2D eigenvalue weighted by molar-refractivity contribution is -0.116. The van der Waals surface area contributed by atoms with Crippen LogP contribution in [0.4, 0.5) is 5.69 Å². The van der Waals surface area contributed by atoms with Crippen LogP contribution in [-0.4, -0.2) is 15.7 Å². The Kier molecular flexibility index (Phi) is 5.19. The second kappa shape index (κ2) is 7.53. The lowest BCUT2D eigenvalue weighted by Gasteiger charge is -2.07. The zero-order valence-corrected chi connectivity index (χ0v) is 15.0. The Morgan fingerprint density at radius 3 is 2.36 bits per heavy atom. The summed E-state index contributed by atoms with van der Waals surface area (Å²) in [5, 5.41) is 8.01. The molecule has 2 aromatic carbocycles. The number of hydrogen-bond donors (Lipinski definition) is 1. The van der Waals surface area contributed by atoms with Crippen molar-refractivity contribution in [3.8, 4) is 5.69 Å². The average molecular weight is 354 g/mol. The number of carbonyl (C=O) groups excluding carboxylic acids is 1. The van der Waals surface area contributed by atoms with Crippen LogP contribution in [0.1, 0.15) is 23.4 Å². The molecule has 3 rings (SSSR count). The van der Waals surface area contributed by atoms with Crippen molar-refractivity contribution < 1.29 is 4.79 Å². The first-order valence-corrected chi connectivity index (χ1v) is 8.57. The zero-order valence-electron chi connectivity index (χ0n) is 14.3. The summed E-state index contributed by atoms with van der Waals surface area (Å²) in [5.74, 6) is -0.00931. The molecule has 1 aromatic heterocycles. The highest BCUT2D eigenvalue weighted by Gasteiger charge is 2.06.